The Bertz CT molecular complexity index is 509. The fourth-order valence-corrected chi connectivity index (χ4v) is 2.91. The van der Waals surface area contributed by atoms with Crippen LogP contribution in [-0.2, 0) is 6.42 Å². The minimum Gasteiger partial charge on any atom is -0.365 e. The third-order valence-corrected chi connectivity index (χ3v) is 4.72. The van der Waals surface area contributed by atoms with Gasteiger partial charge in [-0.1, -0.05) is 27.2 Å². The average Bonchev–Trinajstić information content (AvgIpc) is 2.49. The van der Waals surface area contributed by atoms with Crippen molar-refractivity contribution in [3.05, 3.63) is 17.5 Å². The maximum atomic E-state index is 11.6. The van der Waals surface area contributed by atoms with Crippen LogP contribution in [-0.4, -0.2) is 21.9 Å². The fraction of sp³-hybridized carbons (Fsp3) is 0.706. The van der Waals surface area contributed by atoms with Crippen LogP contribution in [0.15, 0.2) is 6.20 Å². The molecule has 1 atom stereocenters. The molecule has 0 saturated heterocycles. The zero-order chi connectivity index (χ0) is 16.1. The van der Waals surface area contributed by atoms with Gasteiger partial charge in [-0.25, -0.2) is 9.97 Å². The number of rotatable bonds is 6. The number of nitrogens with zero attached hydrogens (tertiary/aromatic N) is 2. The van der Waals surface area contributed by atoms with Crippen molar-refractivity contribution in [2.24, 2.45) is 17.6 Å². The van der Waals surface area contributed by atoms with E-state index >= 15 is 0 Å². The summed E-state index contributed by atoms with van der Waals surface area (Å²) in [6.45, 7) is 6.60. The molecule has 0 radical (unpaired) electrons. The first kappa shape index (κ1) is 16.7. The molecule has 1 amide bonds. The summed E-state index contributed by atoms with van der Waals surface area (Å²) in [5.41, 5.74) is 6.66. The quantitative estimate of drug-likeness (QED) is 0.846. The summed E-state index contributed by atoms with van der Waals surface area (Å²) in [4.78, 5) is 20.4. The van der Waals surface area contributed by atoms with Gasteiger partial charge >= 0.3 is 0 Å². The third-order valence-electron chi connectivity index (χ3n) is 4.72. The first-order chi connectivity index (χ1) is 10.5. The molecule has 122 valence electrons. The largest absolute Gasteiger partial charge is 0.365 e. The number of amides is 1. The summed E-state index contributed by atoms with van der Waals surface area (Å²) in [5, 5.41) is 3.42. The van der Waals surface area contributed by atoms with Gasteiger partial charge in [-0.05, 0) is 43.9 Å². The van der Waals surface area contributed by atoms with Crippen molar-refractivity contribution in [1.29, 1.82) is 0 Å². The first-order valence-electron chi connectivity index (χ1n) is 8.41. The summed E-state index contributed by atoms with van der Waals surface area (Å²) in [6, 6.07) is 0.437. The predicted octanol–water partition coefficient (Wildman–Crippen LogP) is 3.15. The smallest absolute Gasteiger partial charge is 0.252 e. The van der Waals surface area contributed by atoms with Crippen LogP contribution >= 0.6 is 0 Å². The maximum absolute atomic E-state index is 11.6. The van der Waals surface area contributed by atoms with Crippen LogP contribution < -0.4 is 11.1 Å². The van der Waals surface area contributed by atoms with Gasteiger partial charge in [0, 0.05) is 12.2 Å². The lowest BCUT2D eigenvalue weighted by Crippen LogP contribution is -2.27. The molecule has 22 heavy (non-hydrogen) atoms. The summed E-state index contributed by atoms with van der Waals surface area (Å²) < 4.78 is 0. The van der Waals surface area contributed by atoms with Gasteiger partial charge in [0.15, 0.2) is 0 Å². The standard InChI is InChI=1S/C17H28N4O/c1-4-11(2)9-15-14(16(18)22)10-19-17(21-15)20-13-7-5-12(3)6-8-13/h10-13H,4-9H2,1-3H3,(H2,18,22)(H,19,20,21)/t11-,12?,13?/m0/s1. The second kappa shape index (κ2) is 7.56. The van der Waals surface area contributed by atoms with Crippen LogP contribution in [0.3, 0.4) is 0 Å². The second-order valence-electron chi connectivity index (χ2n) is 6.74. The molecule has 1 saturated carbocycles. The molecule has 5 nitrogen and oxygen atoms in total. The van der Waals surface area contributed by atoms with E-state index in [2.05, 4.69) is 36.1 Å². The van der Waals surface area contributed by atoms with E-state index in [0.717, 1.165) is 37.3 Å². The molecule has 1 aliphatic carbocycles. The Balaban J connectivity index is 2.11. The Hall–Kier alpha value is -1.65. The first-order valence-corrected chi connectivity index (χ1v) is 8.41. The van der Waals surface area contributed by atoms with E-state index < -0.39 is 5.91 Å². The lowest BCUT2D eigenvalue weighted by molar-refractivity contribution is 0.0998. The van der Waals surface area contributed by atoms with Crippen LogP contribution in [0.1, 0.15) is 68.9 Å². The van der Waals surface area contributed by atoms with Gasteiger partial charge in [0.25, 0.3) is 5.91 Å². The molecule has 0 unspecified atom stereocenters. The lowest BCUT2D eigenvalue weighted by Gasteiger charge is -2.27. The Morgan fingerprint density at radius 2 is 2.09 bits per heavy atom. The highest BCUT2D eigenvalue weighted by Gasteiger charge is 2.20. The molecule has 1 fully saturated rings. The molecule has 0 aromatic carbocycles. The van der Waals surface area contributed by atoms with E-state index in [0.29, 0.717) is 23.5 Å². The number of hydrogen-bond acceptors (Lipinski definition) is 4. The normalized spacial score (nSPS) is 23.0. The highest BCUT2D eigenvalue weighted by atomic mass is 16.1. The Morgan fingerprint density at radius 3 is 2.68 bits per heavy atom. The summed E-state index contributed by atoms with van der Waals surface area (Å²) in [7, 11) is 0. The Morgan fingerprint density at radius 1 is 1.41 bits per heavy atom. The number of nitrogens with one attached hydrogen (secondary N) is 1. The number of hydrogen-bond donors (Lipinski definition) is 2. The molecule has 0 aliphatic heterocycles. The Labute approximate surface area is 133 Å². The third kappa shape index (κ3) is 4.42. The van der Waals surface area contributed by atoms with Crippen LogP contribution in [0.5, 0.6) is 0 Å². The van der Waals surface area contributed by atoms with E-state index in [1.807, 2.05) is 0 Å². The van der Waals surface area contributed by atoms with Crippen LogP contribution in [0.25, 0.3) is 0 Å². The van der Waals surface area contributed by atoms with Crippen molar-refractivity contribution in [2.45, 2.75) is 65.3 Å². The molecule has 3 N–H and O–H groups in total. The molecular formula is C17H28N4O. The van der Waals surface area contributed by atoms with Crippen LogP contribution in [0.2, 0.25) is 0 Å². The minimum atomic E-state index is -0.448. The molecule has 5 heteroatoms. The molecule has 1 aliphatic rings. The van der Waals surface area contributed by atoms with Crippen molar-refractivity contribution >= 4 is 11.9 Å². The number of carbonyl (C=O) groups excluding carboxylic acids is 1. The summed E-state index contributed by atoms with van der Waals surface area (Å²) in [6.07, 6.45) is 8.18. The fourth-order valence-electron chi connectivity index (χ4n) is 2.91. The molecule has 0 bridgehead atoms. The van der Waals surface area contributed by atoms with Crippen LogP contribution in [0, 0.1) is 11.8 Å². The van der Waals surface area contributed by atoms with Gasteiger partial charge in [-0.2, -0.15) is 0 Å². The number of aromatic nitrogens is 2. The highest BCUT2D eigenvalue weighted by molar-refractivity contribution is 5.93. The number of anilines is 1. The lowest BCUT2D eigenvalue weighted by atomic mass is 9.87. The molecule has 1 aromatic rings. The molecular weight excluding hydrogens is 276 g/mol. The maximum Gasteiger partial charge on any atom is 0.252 e. The van der Waals surface area contributed by atoms with Gasteiger partial charge in [0.1, 0.15) is 0 Å². The number of primary amides is 1. The monoisotopic (exact) mass is 304 g/mol. The minimum absolute atomic E-state index is 0.437. The van der Waals surface area contributed by atoms with Crippen molar-refractivity contribution in [1.82, 2.24) is 9.97 Å². The van der Waals surface area contributed by atoms with Gasteiger partial charge in [0.2, 0.25) is 5.95 Å². The zero-order valence-electron chi connectivity index (χ0n) is 13.9. The van der Waals surface area contributed by atoms with E-state index in [9.17, 15) is 4.79 Å². The van der Waals surface area contributed by atoms with Gasteiger partial charge in [-0.15, -0.1) is 0 Å². The van der Waals surface area contributed by atoms with Crippen molar-refractivity contribution in [2.75, 3.05) is 5.32 Å². The summed E-state index contributed by atoms with van der Waals surface area (Å²) in [5.74, 6) is 1.47. The molecule has 0 spiro atoms. The average molecular weight is 304 g/mol. The van der Waals surface area contributed by atoms with E-state index in [-0.39, 0.29) is 0 Å². The zero-order valence-corrected chi connectivity index (χ0v) is 13.9. The Kier molecular flexibility index (Phi) is 5.75. The van der Waals surface area contributed by atoms with E-state index in [1.54, 1.807) is 6.20 Å². The van der Waals surface area contributed by atoms with Gasteiger partial charge in [-0.3, -0.25) is 4.79 Å². The predicted molar refractivity (Wildman–Crippen MR) is 88.8 cm³/mol. The SMILES string of the molecule is CC[C@H](C)Cc1nc(NC2CCC(C)CC2)ncc1C(N)=O. The molecule has 2 rings (SSSR count). The molecule has 1 aromatic heterocycles. The number of nitrogens with two attached hydrogens (primary N) is 1. The second-order valence-corrected chi connectivity index (χ2v) is 6.74. The summed E-state index contributed by atoms with van der Waals surface area (Å²) >= 11 is 0. The van der Waals surface area contributed by atoms with Crippen LogP contribution in [0.4, 0.5) is 5.95 Å². The van der Waals surface area contributed by atoms with Crippen molar-refractivity contribution in [3.63, 3.8) is 0 Å². The number of carbonyl (C=O) groups is 1. The van der Waals surface area contributed by atoms with Gasteiger partial charge < -0.3 is 11.1 Å². The highest BCUT2D eigenvalue weighted by Crippen LogP contribution is 2.25. The molecule has 1 heterocycles. The topological polar surface area (TPSA) is 80.9 Å². The van der Waals surface area contributed by atoms with Crippen molar-refractivity contribution in [3.8, 4) is 0 Å². The van der Waals surface area contributed by atoms with Crippen molar-refractivity contribution < 1.29 is 4.79 Å². The van der Waals surface area contributed by atoms with E-state index in [1.165, 1.54) is 12.8 Å². The van der Waals surface area contributed by atoms with Gasteiger partial charge in [0.05, 0.1) is 11.3 Å². The van der Waals surface area contributed by atoms with E-state index in [4.69, 9.17) is 5.73 Å².